The minimum absolute atomic E-state index is 0.167. The maximum Gasteiger partial charge on any atom is 0.409 e. The van der Waals surface area contributed by atoms with Gasteiger partial charge >= 0.3 is 12.1 Å². The van der Waals surface area contributed by atoms with Gasteiger partial charge in [0, 0.05) is 12.6 Å². The predicted molar refractivity (Wildman–Crippen MR) is 51.4 cm³/mol. The summed E-state index contributed by atoms with van der Waals surface area (Å²) >= 11 is 0. The lowest BCUT2D eigenvalue weighted by molar-refractivity contribution is -0.148. The Morgan fingerprint density at radius 2 is 2.13 bits per heavy atom. The third-order valence-corrected chi connectivity index (χ3v) is 3.50. The van der Waals surface area contributed by atoms with E-state index in [0.29, 0.717) is 18.9 Å². The molecule has 5 heteroatoms. The first-order chi connectivity index (χ1) is 7.13. The van der Waals surface area contributed by atoms with Gasteiger partial charge in [-0.2, -0.15) is 0 Å². The first-order valence-electron chi connectivity index (χ1n) is 5.21. The van der Waals surface area contributed by atoms with Crippen molar-refractivity contribution in [2.24, 2.45) is 11.8 Å². The normalized spacial score (nSPS) is 33.9. The fourth-order valence-corrected chi connectivity index (χ4v) is 2.79. The highest BCUT2D eigenvalue weighted by Crippen LogP contribution is 2.39. The summed E-state index contributed by atoms with van der Waals surface area (Å²) in [4.78, 5) is 24.0. The molecule has 0 aromatic heterocycles. The molecule has 2 bridgehead atoms. The van der Waals surface area contributed by atoms with Crippen molar-refractivity contribution in [1.82, 2.24) is 4.90 Å². The fraction of sp³-hybridized carbons (Fsp3) is 0.800. The van der Waals surface area contributed by atoms with Crippen LogP contribution in [0.1, 0.15) is 19.3 Å². The van der Waals surface area contributed by atoms with Crippen molar-refractivity contribution in [3.8, 4) is 0 Å². The molecule has 15 heavy (non-hydrogen) atoms. The molecular formula is C10H15NO4. The molecule has 84 valence electrons. The molecule has 2 aliphatic heterocycles. The van der Waals surface area contributed by atoms with Crippen LogP contribution in [0.25, 0.3) is 0 Å². The van der Waals surface area contributed by atoms with E-state index in [4.69, 9.17) is 5.11 Å². The van der Waals surface area contributed by atoms with Crippen molar-refractivity contribution >= 4 is 12.1 Å². The van der Waals surface area contributed by atoms with Gasteiger partial charge in [-0.1, -0.05) is 0 Å². The van der Waals surface area contributed by atoms with E-state index in [-0.39, 0.29) is 6.04 Å². The molecule has 2 heterocycles. The van der Waals surface area contributed by atoms with Crippen LogP contribution in [-0.4, -0.2) is 41.8 Å². The number of ether oxygens (including phenoxy) is 1. The fourth-order valence-electron chi connectivity index (χ4n) is 2.79. The summed E-state index contributed by atoms with van der Waals surface area (Å²) in [6.07, 6.45) is 2.13. The summed E-state index contributed by atoms with van der Waals surface area (Å²) < 4.78 is 4.66. The van der Waals surface area contributed by atoms with Crippen LogP contribution in [0.15, 0.2) is 0 Å². The summed E-state index contributed by atoms with van der Waals surface area (Å²) in [5.74, 6) is -0.870. The number of carboxylic acids is 1. The molecule has 5 nitrogen and oxygen atoms in total. The van der Waals surface area contributed by atoms with Gasteiger partial charge < -0.3 is 14.7 Å². The molecule has 0 radical (unpaired) electrons. The lowest BCUT2D eigenvalue weighted by Crippen LogP contribution is -2.57. The molecule has 1 amide bonds. The third-order valence-electron chi connectivity index (χ3n) is 3.50. The standard InChI is InChI=1S/C10H15NO4/c1-15-10(14)11-5-6-2-3-8(11)7(4-6)9(12)13/h6-8H,2-5H2,1H3,(H,12,13)/t6-,7+,8-/m0/s1. The number of fused-ring (bicyclic) bond motifs is 3. The largest absolute Gasteiger partial charge is 0.481 e. The summed E-state index contributed by atoms with van der Waals surface area (Å²) in [6.45, 7) is 0.654. The molecule has 1 N–H and O–H groups in total. The van der Waals surface area contributed by atoms with Crippen molar-refractivity contribution in [3.63, 3.8) is 0 Å². The van der Waals surface area contributed by atoms with Crippen molar-refractivity contribution in [3.05, 3.63) is 0 Å². The van der Waals surface area contributed by atoms with Gasteiger partial charge in [0.25, 0.3) is 0 Å². The zero-order valence-electron chi connectivity index (χ0n) is 8.68. The molecule has 2 saturated heterocycles. The zero-order valence-corrected chi connectivity index (χ0v) is 8.68. The highest BCUT2D eigenvalue weighted by Gasteiger charge is 2.46. The number of hydrogen-bond donors (Lipinski definition) is 1. The molecule has 0 aromatic carbocycles. The number of carboxylic acid groups (broad SMARTS) is 1. The van der Waals surface area contributed by atoms with Gasteiger partial charge in [-0.15, -0.1) is 0 Å². The predicted octanol–water partition coefficient (Wildman–Crippen LogP) is 0.938. The summed E-state index contributed by atoms with van der Waals surface area (Å²) in [6, 6.07) is -0.167. The highest BCUT2D eigenvalue weighted by molar-refractivity contribution is 5.74. The topological polar surface area (TPSA) is 66.8 Å². The second kappa shape index (κ2) is 3.72. The van der Waals surface area contributed by atoms with E-state index in [2.05, 4.69) is 4.74 Å². The number of nitrogens with zero attached hydrogens (tertiary/aromatic N) is 1. The lowest BCUT2D eigenvalue weighted by atomic mass is 9.73. The number of amides is 1. The number of rotatable bonds is 1. The number of carbonyl (C=O) groups is 2. The van der Waals surface area contributed by atoms with E-state index >= 15 is 0 Å². The first-order valence-corrected chi connectivity index (χ1v) is 5.21. The minimum atomic E-state index is -0.793. The van der Waals surface area contributed by atoms with Gasteiger partial charge in [-0.25, -0.2) is 4.79 Å². The quantitative estimate of drug-likeness (QED) is 0.703. The number of piperidine rings is 2. The van der Waals surface area contributed by atoms with Crippen LogP contribution in [0, 0.1) is 11.8 Å². The molecule has 3 rings (SSSR count). The van der Waals surface area contributed by atoms with E-state index < -0.39 is 18.0 Å². The monoisotopic (exact) mass is 213 g/mol. The molecule has 0 unspecified atom stereocenters. The Balaban J connectivity index is 2.16. The summed E-state index contributed by atoms with van der Waals surface area (Å²) in [5.41, 5.74) is 0. The van der Waals surface area contributed by atoms with Crippen molar-refractivity contribution in [1.29, 1.82) is 0 Å². The molecule has 1 saturated carbocycles. The smallest absolute Gasteiger partial charge is 0.409 e. The van der Waals surface area contributed by atoms with Crippen LogP contribution in [0.3, 0.4) is 0 Å². The van der Waals surface area contributed by atoms with E-state index in [1.165, 1.54) is 7.11 Å². The molecule has 1 aliphatic carbocycles. The summed E-state index contributed by atoms with van der Waals surface area (Å²) in [7, 11) is 1.33. The van der Waals surface area contributed by atoms with E-state index in [9.17, 15) is 9.59 Å². The number of hydrogen-bond acceptors (Lipinski definition) is 3. The second-order valence-electron chi connectivity index (χ2n) is 4.31. The Morgan fingerprint density at radius 3 is 2.67 bits per heavy atom. The van der Waals surface area contributed by atoms with Gasteiger partial charge in [0.05, 0.1) is 13.0 Å². The maximum absolute atomic E-state index is 11.4. The number of aliphatic carboxylic acids is 1. The van der Waals surface area contributed by atoms with E-state index in [0.717, 1.165) is 12.8 Å². The van der Waals surface area contributed by atoms with Crippen LogP contribution in [-0.2, 0) is 9.53 Å². The van der Waals surface area contributed by atoms with Crippen LogP contribution < -0.4 is 0 Å². The first kappa shape index (κ1) is 10.3. The van der Waals surface area contributed by atoms with Gasteiger partial charge in [-0.3, -0.25) is 4.79 Å². The molecule has 3 atom stereocenters. The average Bonchev–Trinajstić information content (AvgIpc) is 2.28. The lowest BCUT2D eigenvalue weighted by Gasteiger charge is -2.47. The molecule has 3 fully saturated rings. The number of carbonyl (C=O) groups excluding carboxylic acids is 1. The average molecular weight is 213 g/mol. The van der Waals surface area contributed by atoms with Crippen molar-refractivity contribution in [2.45, 2.75) is 25.3 Å². The van der Waals surface area contributed by atoms with E-state index in [1.807, 2.05) is 0 Å². The van der Waals surface area contributed by atoms with E-state index in [1.54, 1.807) is 4.90 Å². The molecule has 0 aromatic rings. The van der Waals surface area contributed by atoms with Crippen LogP contribution in [0.5, 0.6) is 0 Å². The Kier molecular flexibility index (Phi) is 2.54. The highest BCUT2D eigenvalue weighted by atomic mass is 16.5. The molecular weight excluding hydrogens is 198 g/mol. The van der Waals surface area contributed by atoms with Gasteiger partial charge in [0.15, 0.2) is 0 Å². The third kappa shape index (κ3) is 1.66. The second-order valence-corrected chi connectivity index (χ2v) is 4.31. The van der Waals surface area contributed by atoms with Crippen molar-refractivity contribution in [2.75, 3.05) is 13.7 Å². The Bertz CT molecular complexity index is 291. The molecule has 3 aliphatic rings. The molecule has 0 spiro atoms. The Hall–Kier alpha value is -1.26. The zero-order chi connectivity index (χ0) is 11.0. The summed E-state index contributed by atoms with van der Waals surface area (Å²) in [5, 5.41) is 9.05. The van der Waals surface area contributed by atoms with Crippen LogP contribution >= 0.6 is 0 Å². The Morgan fingerprint density at radius 1 is 1.40 bits per heavy atom. The van der Waals surface area contributed by atoms with Gasteiger partial charge in [0.2, 0.25) is 0 Å². The van der Waals surface area contributed by atoms with Crippen LogP contribution in [0.4, 0.5) is 4.79 Å². The maximum atomic E-state index is 11.4. The van der Waals surface area contributed by atoms with Gasteiger partial charge in [-0.05, 0) is 25.2 Å². The number of methoxy groups -OCH3 is 1. The van der Waals surface area contributed by atoms with Crippen LogP contribution in [0.2, 0.25) is 0 Å². The minimum Gasteiger partial charge on any atom is -0.481 e. The Labute approximate surface area is 88.0 Å². The SMILES string of the molecule is COC(=O)N1C[C@H]2CC[C@H]1[C@H](C(=O)O)C2. The van der Waals surface area contributed by atoms with Gasteiger partial charge in [0.1, 0.15) is 0 Å². The van der Waals surface area contributed by atoms with Crippen molar-refractivity contribution < 1.29 is 19.4 Å².